The molecule has 0 radical (unpaired) electrons. The fourth-order valence-electron chi connectivity index (χ4n) is 5.27. The lowest BCUT2D eigenvalue weighted by Crippen LogP contribution is -2.40. The number of nitrogens with one attached hydrogen (secondary N) is 1. The molecule has 7 rings (SSSR count). The van der Waals surface area contributed by atoms with Crippen molar-refractivity contribution < 1.29 is 19.0 Å². The van der Waals surface area contributed by atoms with E-state index in [1.807, 2.05) is 53.4 Å². The number of aromatic nitrogens is 1. The second-order valence-corrected chi connectivity index (χ2v) is 9.92. The third kappa shape index (κ3) is 3.19. The highest BCUT2D eigenvalue weighted by molar-refractivity contribution is 7.20. The Balaban J connectivity index is 1.36. The summed E-state index contributed by atoms with van der Waals surface area (Å²) in [6, 6.07) is 22.0. The normalized spacial score (nSPS) is 16.6. The molecule has 4 heterocycles. The monoisotopic (exact) mass is 482 g/mol. The number of hydrogen-bond acceptors (Lipinski definition) is 5. The van der Waals surface area contributed by atoms with Crippen molar-refractivity contribution in [2.24, 2.45) is 0 Å². The molecule has 6 nitrogen and oxygen atoms in total. The van der Waals surface area contributed by atoms with Crippen molar-refractivity contribution in [1.29, 1.82) is 0 Å². The Hall–Kier alpha value is -3.97. The molecule has 0 fully saturated rings. The second-order valence-electron chi connectivity index (χ2n) is 8.84. The van der Waals surface area contributed by atoms with Gasteiger partial charge in [0.1, 0.15) is 5.75 Å². The van der Waals surface area contributed by atoms with Gasteiger partial charge in [0.2, 0.25) is 6.79 Å². The van der Waals surface area contributed by atoms with Crippen molar-refractivity contribution in [2.45, 2.75) is 12.5 Å². The molecule has 2 aliphatic rings. The molecule has 2 aliphatic heterocycles. The smallest absolute Gasteiger partial charge is 0.264 e. The number of amides is 1. The van der Waals surface area contributed by atoms with Gasteiger partial charge in [0.05, 0.1) is 18.0 Å². The summed E-state index contributed by atoms with van der Waals surface area (Å²) in [6.07, 6.45) is 0.796. The van der Waals surface area contributed by atoms with Gasteiger partial charge in [0.25, 0.3) is 5.91 Å². The number of methoxy groups -OCH3 is 1. The summed E-state index contributed by atoms with van der Waals surface area (Å²) in [6.45, 7) is 0.847. The van der Waals surface area contributed by atoms with Crippen LogP contribution < -0.4 is 14.2 Å². The van der Waals surface area contributed by atoms with Crippen molar-refractivity contribution in [3.05, 3.63) is 88.4 Å². The third-order valence-corrected chi connectivity index (χ3v) is 8.03. The molecule has 35 heavy (non-hydrogen) atoms. The van der Waals surface area contributed by atoms with Crippen LogP contribution in [0.4, 0.5) is 0 Å². The van der Waals surface area contributed by atoms with Crippen LogP contribution in [-0.4, -0.2) is 36.2 Å². The van der Waals surface area contributed by atoms with Gasteiger partial charge in [-0.25, -0.2) is 0 Å². The molecule has 0 spiro atoms. The number of ether oxygens (including phenoxy) is 3. The molecule has 3 aromatic carbocycles. The zero-order valence-electron chi connectivity index (χ0n) is 19.0. The molecule has 5 aromatic rings. The Morgan fingerprint density at radius 2 is 1.94 bits per heavy atom. The molecule has 0 aliphatic carbocycles. The minimum absolute atomic E-state index is 0.0251. The van der Waals surface area contributed by atoms with E-state index < -0.39 is 0 Å². The first-order chi connectivity index (χ1) is 17.2. The lowest BCUT2D eigenvalue weighted by molar-refractivity contribution is 0.0697. The fourth-order valence-corrected chi connectivity index (χ4v) is 6.32. The fraction of sp³-hybridized carbons (Fsp3) is 0.179. The first-order valence-corrected chi connectivity index (χ1v) is 12.4. The van der Waals surface area contributed by atoms with Crippen LogP contribution in [0.25, 0.3) is 21.0 Å². The molecule has 0 saturated carbocycles. The van der Waals surface area contributed by atoms with Crippen LogP contribution >= 0.6 is 11.3 Å². The van der Waals surface area contributed by atoms with E-state index in [1.54, 1.807) is 7.11 Å². The summed E-state index contributed by atoms with van der Waals surface area (Å²) in [7, 11) is 1.66. The minimum Gasteiger partial charge on any atom is -0.497 e. The molecular formula is C28H22N2O4S. The lowest BCUT2D eigenvalue weighted by atomic mass is 9.92. The topological polar surface area (TPSA) is 63.8 Å². The minimum atomic E-state index is -0.257. The number of para-hydroxylation sites is 1. The largest absolute Gasteiger partial charge is 0.497 e. The van der Waals surface area contributed by atoms with Gasteiger partial charge >= 0.3 is 0 Å². The van der Waals surface area contributed by atoms with Crippen LogP contribution in [0, 0.1) is 0 Å². The van der Waals surface area contributed by atoms with Gasteiger partial charge < -0.3 is 24.1 Å². The van der Waals surface area contributed by atoms with Gasteiger partial charge in [-0.1, -0.05) is 24.3 Å². The first kappa shape index (κ1) is 20.4. The van der Waals surface area contributed by atoms with Crippen molar-refractivity contribution in [2.75, 3.05) is 20.4 Å². The molecular weight excluding hydrogens is 460 g/mol. The Morgan fingerprint density at radius 1 is 1.06 bits per heavy atom. The van der Waals surface area contributed by atoms with Crippen molar-refractivity contribution >= 4 is 38.2 Å². The number of hydrogen-bond donors (Lipinski definition) is 1. The Kier molecular flexibility index (Phi) is 4.54. The van der Waals surface area contributed by atoms with E-state index in [-0.39, 0.29) is 18.7 Å². The zero-order chi connectivity index (χ0) is 23.5. The van der Waals surface area contributed by atoms with E-state index in [0.717, 1.165) is 49.7 Å². The van der Waals surface area contributed by atoms with Crippen LogP contribution in [0.3, 0.4) is 0 Å². The SMILES string of the molecule is COc1ccc2cc(C(=O)N3CCc4c([nH]c5ccccc45)C3c3ccc4c(c3)OCO4)sc2c1. The Labute approximate surface area is 205 Å². The maximum atomic E-state index is 14.0. The van der Waals surface area contributed by atoms with Gasteiger partial charge in [0.15, 0.2) is 11.5 Å². The van der Waals surface area contributed by atoms with Gasteiger partial charge in [-0.05, 0) is 65.4 Å². The first-order valence-electron chi connectivity index (χ1n) is 11.6. The highest BCUT2D eigenvalue weighted by atomic mass is 32.1. The van der Waals surface area contributed by atoms with E-state index in [9.17, 15) is 4.79 Å². The van der Waals surface area contributed by atoms with Crippen LogP contribution in [0.5, 0.6) is 17.2 Å². The maximum Gasteiger partial charge on any atom is 0.264 e. The molecule has 1 unspecified atom stereocenters. The van der Waals surface area contributed by atoms with E-state index in [1.165, 1.54) is 22.3 Å². The number of aromatic amines is 1. The average molecular weight is 483 g/mol. The van der Waals surface area contributed by atoms with Gasteiger partial charge in [-0.15, -0.1) is 11.3 Å². The molecule has 0 saturated heterocycles. The number of nitrogens with zero attached hydrogens (tertiary/aromatic N) is 1. The molecule has 7 heteroatoms. The van der Waals surface area contributed by atoms with Crippen molar-refractivity contribution in [3.63, 3.8) is 0 Å². The number of rotatable bonds is 3. The molecule has 2 aromatic heterocycles. The van der Waals surface area contributed by atoms with Gasteiger partial charge in [0, 0.05) is 27.8 Å². The third-order valence-electron chi connectivity index (χ3n) is 6.95. The summed E-state index contributed by atoms with van der Waals surface area (Å²) in [4.78, 5) is 20.3. The Morgan fingerprint density at radius 3 is 2.86 bits per heavy atom. The van der Waals surface area contributed by atoms with Crippen LogP contribution in [-0.2, 0) is 6.42 Å². The number of thiophene rings is 1. The maximum absolute atomic E-state index is 14.0. The van der Waals surface area contributed by atoms with E-state index in [4.69, 9.17) is 14.2 Å². The number of benzene rings is 3. The molecule has 1 amide bonds. The quantitative estimate of drug-likeness (QED) is 0.347. The summed E-state index contributed by atoms with van der Waals surface area (Å²) in [5.74, 6) is 2.26. The summed E-state index contributed by atoms with van der Waals surface area (Å²) in [5.41, 5.74) is 4.42. The van der Waals surface area contributed by atoms with Crippen LogP contribution in [0.2, 0.25) is 0 Å². The number of carbonyl (C=O) groups excluding carboxylic acids is 1. The Bertz CT molecular complexity index is 1620. The molecule has 1 N–H and O–H groups in total. The van der Waals surface area contributed by atoms with Gasteiger partial charge in [-0.2, -0.15) is 0 Å². The standard InChI is InChI=1S/C28H22N2O4S/c1-32-18-8-6-16-13-25(35-24(16)14-18)28(31)30-11-10-20-19-4-2-3-5-21(19)29-26(20)27(30)17-7-9-22-23(12-17)34-15-33-22/h2-9,12-14,27,29H,10-11,15H2,1H3. The van der Waals surface area contributed by atoms with E-state index >= 15 is 0 Å². The lowest BCUT2D eigenvalue weighted by Gasteiger charge is -2.36. The highest BCUT2D eigenvalue weighted by Gasteiger charge is 2.36. The van der Waals surface area contributed by atoms with E-state index in [0.29, 0.717) is 12.3 Å². The summed E-state index contributed by atoms with van der Waals surface area (Å²) < 4.78 is 17.6. The van der Waals surface area contributed by atoms with Crippen molar-refractivity contribution in [1.82, 2.24) is 9.88 Å². The molecule has 1 atom stereocenters. The predicted octanol–water partition coefficient (Wildman–Crippen LogP) is 5.91. The predicted molar refractivity (Wildman–Crippen MR) is 136 cm³/mol. The number of fused-ring (bicyclic) bond motifs is 5. The van der Waals surface area contributed by atoms with Crippen molar-refractivity contribution in [3.8, 4) is 17.2 Å². The number of H-pyrrole nitrogens is 1. The summed E-state index contributed by atoms with van der Waals surface area (Å²) >= 11 is 1.51. The second kappa shape index (κ2) is 7.78. The van der Waals surface area contributed by atoms with Gasteiger partial charge in [-0.3, -0.25) is 4.79 Å². The molecule has 174 valence electrons. The van der Waals surface area contributed by atoms with Crippen LogP contribution in [0.1, 0.15) is 32.5 Å². The van der Waals surface area contributed by atoms with E-state index in [2.05, 4.69) is 23.2 Å². The summed E-state index contributed by atoms with van der Waals surface area (Å²) in [5, 5.41) is 2.26. The van der Waals surface area contributed by atoms with Crippen LogP contribution in [0.15, 0.2) is 66.7 Å². The average Bonchev–Trinajstić information content (AvgIpc) is 3.63. The number of carbonyl (C=O) groups is 1. The zero-order valence-corrected chi connectivity index (χ0v) is 19.9. The molecule has 0 bridgehead atoms. The highest BCUT2D eigenvalue weighted by Crippen LogP contribution is 2.43.